The number of likely N-dealkylation sites (N-methyl/N-ethyl adjacent to an activating group) is 1. The molecule has 0 saturated carbocycles. The number of nitrogens with zero attached hydrogens (tertiary/aromatic N) is 2. The number of para-hydroxylation sites is 2. The molecular formula is C21H23BrClN3O2. The van der Waals surface area contributed by atoms with Gasteiger partial charge in [0.15, 0.2) is 5.76 Å². The lowest BCUT2D eigenvalue weighted by Crippen LogP contribution is -2.44. The third-order valence-electron chi connectivity index (χ3n) is 5.10. The fourth-order valence-electron chi connectivity index (χ4n) is 3.50. The summed E-state index contributed by atoms with van der Waals surface area (Å²) in [5.74, 6) is 0.137. The Kier molecular flexibility index (Phi) is 6.33. The summed E-state index contributed by atoms with van der Waals surface area (Å²) in [6.45, 7) is 5.84. The number of carbonyl (C=O) groups is 1. The number of piperazine rings is 1. The van der Waals surface area contributed by atoms with Crippen molar-refractivity contribution >= 4 is 56.6 Å². The molecule has 28 heavy (non-hydrogen) atoms. The van der Waals surface area contributed by atoms with Crippen LogP contribution in [0.2, 0.25) is 0 Å². The van der Waals surface area contributed by atoms with Gasteiger partial charge in [0.05, 0.1) is 11.4 Å². The van der Waals surface area contributed by atoms with Gasteiger partial charge in [0, 0.05) is 41.6 Å². The molecule has 7 heteroatoms. The molecule has 148 valence electrons. The minimum absolute atomic E-state index is 0. The molecule has 0 unspecified atom stereocenters. The van der Waals surface area contributed by atoms with Crippen molar-refractivity contribution in [2.24, 2.45) is 0 Å². The van der Waals surface area contributed by atoms with Crippen LogP contribution >= 0.6 is 28.3 Å². The zero-order valence-electron chi connectivity index (χ0n) is 15.9. The third-order valence-corrected chi connectivity index (χ3v) is 5.60. The van der Waals surface area contributed by atoms with Crippen LogP contribution in [0.25, 0.3) is 11.0 Å². The Morgan fingerprint density at radius 2 is 1.82 bits per heavy atom. The number of anilines is 2. The van der Waals surface area contributed by atoms with E-state index in [0.29, 0.717) is 11.3 Å². The number of aryl methyl sites for hydroxylation is 1. The Bertz CT molecular complexity index is 996. The number of benzene rings is 2. The predicted molar refractivity (Wildman–Crippen MR) is 120 cm³/mol. The summed E-state index contributed by atoms with van der Waals surface area (Å²) in [6, 6.07) is 13.8. The zero-order valence-corrected chi connectivity index (χ0v) is 18.3. The summed E-state index contributed by atoms with van der Waals surface area (Å²) >= 11 is 3.45. The van der Waals surface area contributed by atoms with Crippen molar-refractivity contribution in [2.75, 3.05) is 43.4 Å². The van der Waals surface area contributed by atoms with Crippen LogP contribution in [0.3, 0.4) is 0 Å². The number of nitrogens with one attached hydrogen (secondary N) is 1. The van der Waals surface area contributed by atoms with Crippen molar-refractivity contribution in [3.8, 4) is 0 Å². The van der Waals surface area contributed by atoms with E-state index < -0.39 is 0 Å². The summed E-state index contributed by atoms with van der Waals surface area (Å²) in [7, 11) is 2.13. The van der Waals surface area contributed by atoms with Gasteiger partial charge in [0.1, 0.15) is 5.58 Å². The van der Waals surface area contributed by atoms with E-state index in [9.17, 15) is 4.79 Å². The molecule has 2 aromatic carbocycles. The molecule has 0 spiro atoms. The number of carbonyl (C=O) groups excluding carboxylic acids is 1. The quantitative estimate of drug-likeness (QED) is 0.597. The second kappa shape index (κ2) is 8.55. The molecule has 1 aliphatic rings. The highest BCUT2D eigenvalue weighted by Crippen LogP contribution is 2.30. The normalized spacial score (nSPS) is 14.8. The van der Waals surface area contributed by atoms with Crippen LogP contribution in [0, 0.1) is 6.92 Å². The van der Waals surface area contributed by atoms with Crippen molar-refractivity contribution in [2.45, 2.75) is 6.92 Å². The Morgan fingerprint density at radius 1 is 1.11 bits per heavy atom. The molecular weight excluding hydrogens is 442 g/mol. The molecule has 1 aromatic heterocycles. The van der Waals surface area contributed by atoms with Gasteiger partial charge in [-0.05, 0) is 44.3 Å². The molecule has 0 atom stereocenters. The maximum atomic E-state index is 12.9. The first kappa shape index (κ1) is 20.7. The highest BCUT2D eigenvalue weighted by molar-refractivity contribution is 9.10. The lowest BCUT2D eigenvalue weighted by atomic mass is 10.1. The van der Waals surface area contributed by atoms with E-state index in [1.165, 1.54) is 0 Å². The highest BCUT2D eigenvalue weighted by Gasteiger charge is 2.21. The van der Waals surface area contributed by atoms with Crippen molar-refractivity contribution in [1.29, 1.82) is 0 Å². The molecule has 1 saturated heterocycles. The Balaban J connectivity index is 0.00000225. The smallest absolute Gasteiger partial charge is 0.291 e. The fourth-order valence-corrected chi connectivity index (χ4v) is 3.84. The number of rotatable bonds is 3. The zero-order chi connectivity index (χ0) is 19.0. The van der Waals surface area contributed by atoms with Crippen molar-refractivity contribution in [1.82, 2.24) is 4.90 Å². The minimum atomic E-state index is -0.221. The third kappa shape index (κ3) is 4.04. The van der Waals surface area contributed by atoms with Crippen LogP contribution in [0.4, 0.5) is 11.4 Å². The van der Waals surface area contributed by atoms with E-state index in [1.807, 2.05) is 43.3 Å². The first-order valence-corrected chi connectivity index (χ1v) is 9.85. The number of hydrogen-bond acceptors (Lipinski definition) is 4. The summed E-state index contributed by atoms with van der Waals surface area (Å²) < 4.78 is 6.78. The lowest BCUT2D eigenvalue weighted by Gasteiger charge is -2.35. The number of halogens is 2. The Hall–Kier alpha value is -2.02. The monoisotopic (exact) mass is 463 g/mol. The number of furan rings is 1. The van der Waals surface area contributed by atoms with Gasteiger partial charge in [-0.2, -0.15) is 0 Å². The average Bonchev–Trinajstić information content (AvgIpc) is 2.99. The van der Waals surface area contributed by atoms with Gasteiger partial charge in [-0.3, -0.25) is 4.79 Å². The molecule has 1 amide bonds. The minimum Gasteiger partial charge on any atom is -0.451 e. The van der Waals surface area contributed by atoms with Gasteiger partial charge in [0.2, 0.25) is 0 Å². The predicted octanol–water partition coefficient (Wildman–Crippen LogP) is 4.93. The van der Waals surface area contributed by atoms with E-state index in [1.54, 1.807) is 0 Å². The molecule has 0 bridgehead atoms. The average molecular weight is 465 g/mol. The second-order valence-corrected chi connectivity index (χ2v) is 7.87. The Morgan fingerprint density at radius 3 is 2.57 bits per heavy atom. The Labute approximate surface area is 179 Å². The molecule has 1 fully saturated rings. The van der Waals surface area contributed by atoms with Gasteiger partial charge in [0.25, 0.3) is 5.91 Å². The maximum Gasteiger partial charge on any atom is 0.291 e. The first-order chi connectivity index (χ1) is 13.0. The molecule has 1 aliphatic heterocycles. The number of hydrogen-bond donors (Lipinski definition) is 1. The maximum absolute atomic E-state index is 12.9. The molecule has 4 rings (SSSR count). The molecule has 2 heterocycles. The summed E-state index contributed by atoms with van der Waals surface area (Å²) in [5, 5.41) is 4.01. The largest absolute Gasteiger partial charge is 0.451 e. The van der Waals surface area contributed by atoms with Crippen LogP contribution in [0.1, 0.15) is 16.1 Å². The highest BCUT2D eigenvalue weighted by atomic mass is 79.9. The molecule has 0 aliphatic carbocycles. The lowest BCUT2D eigenvalue weighted by molar-refractivity contribution is 0.0998. The van der Waals surface area contributed by atoms with Gasteiger partial charge in [-0.25, -0.2) is 0 Å². The van der Waals surface area contributed by atoms with Crippen LogP contribution in [0.15, 0.2) is 51.4 Å². The van der Waals surface area contributed by atoms with Crippen LogP contribution in [-0.4, -0.2) is 44.0 Å². The van der Waals surface area contributed by atoms with Crippen LogP contribution in [0.5, 0.6) is 0 Å². The van der Waals surface area contributed by atoms with E-state index in [-0.39, 0.29) is 18.3 Å². The van der Waals surface area contributed by atoms with Crippen LogP contribution < -0.4 is 10.2 Å². The van der Waals surface area contributed by atoms with E-state index >= 15 is 0 Å². The van der Waals surface area contributed by atoms with Crippen LogP contribution in [-0.2, 0) is 0 Å². The second-order valence-electron chi connectivity index (χ2n) is 6.96. The fraction of sp³-hybridized carbons (Fsp3) is 0.286. The van der Waals surface area contributed by atoms with Gasteiger partial charge >= 0.3 is 0 Å². The molecule has 1 N–H and O–H groups in total. The van der Waals surface area contributed by atoms with E-state index in [0.717, 1.165) is 53.0 Å². The molecule has 0 radical (unpaired) electrons. The SMILES string of the molecule is Cc1c(C(=O)Nc2ccccc2N2CCN(C)CC2)oc2cc(Br)ccc12.Cl. The standard InChI is InChI=1S/C21H22BrN3O2.ClH/c1-14-16-8-7-15(22)13-19(16)27-20(14)21(26)23-17-5-3-4-6-18(17)25-11-9-24(2)10-12-25;/h3-8,13H,9-12H2,1-2H3,(H,23,26);1H. The first-order valence-electron chi connectivity index (χ1n) is 9.05. The molecule has 3 aromatic rings. The van der Waals surface area contributed by atoms with E-state index in [4.69, 9.17) is 4.42 Å². The van der Waals surface area contributed by atoms with Gasteiger partial charge < -0.3 is 19.5 Å². The van der Waals surface area contributed by atoms with Gasteiger partial charge in [-0.1, -0.05) is 28.1 Å². The van der Waals surface area contributed by atoms with E-state index in [2.05, 4.69) is 44.2 Å². The number of amides is 1. The van der Waals surface area contributed by atoms with Crippen molar-refractivity contribution in [3.05, 3.63) is 58.3 Å². The topological polar surface area (TPSA) is 48.7 Å². The summed E-state index contributed by atoms with van der Waals surface area (Å²) in [4.78, 5) is 17.6. The summed E-state index contributed by atoms with van der Waals surface area (Å²) in [5.41, 5.74) is 3.43. The summed E-state index contributed by atoms with van der Waals surface area (Å²) in [6.07, 6.45) is 0. The van der Waals surface area contributed by atoms with Crippen molar-refractivity contribution in [3.63, 3.8) is 0 Å². The number of fused-ring (bicyclic) bond motifs is 1. The van der Waals surface area contributed by atoms with Crippen molar-refractivity contribution < 1.29 is 9.21 Å². The molecule has 5 nitrogen and oxygen atoms in total. The van der Waals surface area contributed by atoms with Gasteiger partial charge in [-0.15, -0.1) is 12.4 Å².